The number of carbonyl (C=O) groups is 1. The first-order valence-electron chi connectivity index (χ1n) is 11.8. The van der Waals surface area contributed by atoms with Crippen molar-refractivity contribution in [3.63, 3.8) is 0 Å². The summed E-state index contributed by atoms with van der Waals surface area (Å²) in [5.41, 5.74) is 0. The van der Waals surface area contributed by atoms with E-state index < -0.39 is 30.5 Å². The summed E-state index contributed by atoms with van der Waals surface area (Å²) in [5.74, 6) is -0.938. The van der Waals surface area contributed by atoms with Crippen molar-refractivity contribution in [2.75, 3.05) is 6.61 Å². The largest absolute Gasteiger partial charge is 0.463 e. The van der Waals surface area contributed by atoms with Crippen LogP contribution in [0.3, 0.4) is 0 Å². The lowest BCUT2D eigenvalue weighted by Gasteiger charge is -2.38. The van der Waals surface area contributed by atoms with Gasteiger partial charge in [-0.25, -0.2) is 0 Å². The van der Waals surface area contributed by atoms with Crippen molar-refractivity contribution in [2.24, 2.45) is 5.92 Å². The van der Waals surface area contributed by atoms with Crippen LogP contribution in [-0.4, -0.2) is 52.5 Å². The summed E-state index contributed by atoms with van der Waals surface area (Å²) in [7, 11) is 0. The second-order valence-electron chi connectivity index (χ2n) is 8.19. The predicted molar refractivity (Wildman–Crippen MR) is 122 cm³/mol. The molecule has 0 aliphatic carbocycles. The highest BCUT2D eigenvalue weighted by Gasteiger charge is 2.41. The molecular formula is C25H42O6. The van der Waals surface area contributed by atoms with Crippen LogP contribution in [0.25, 0.3) is 0 Å². The highest BCUT2D eigenvalue weighted by Crippen LogP contribution is 2.24. The standard InChI is InChI=1S/C25H42O6/c1-3-4-5-6-7-8-9-10-11-12-13-14-15-16-17-18-22(26)30-19-21-24(28)23(27)20(2)25(29)31-21/h4-5,7-8,10-11,20-21,23-25,27-29H,3,6,9,12-19H2,1-2H3/b5-4-,8-7-,11-10-/t20-,21-,23-,24+,25?/m1/s1. The van der Waals surface area contributed by atoms with Crippen LogP contribution in [0.2, 0.25) is 0 Å². The van der Waals surface area contributed by atoms with Gasteiger partial charge in [0.15, 0.2) is 6.29 Å². The molecule has 0 amide bonds. The number of carbonyl (C=O) groups excluding carboxylic acids is 1. The Labute approximate surface area is 187 Å². The quantitative estimate of drug-likeness (QED) is 0.201. The van der Waals surface area contributed by atoms with Crippen molar-refractivity contribution in [1.82, 2.24) is 0 Å². The Morgan fingerprint density at radius 3 is 2.19 bits per heavy atom. The van der Waals surface area contributed by atoms with Crippen LogP contribution in [0.4, 0.5) is 0 Å². The molecule has 1 unspecified atom stereocenters. The molecular weight excluding hydrogens is 396 g/mol. The molecule has 6 heteroatoms. The Hall–Kier alpha value is -1.47. The summed E-state index contributed by atoms with van der Waals surface area (Å²) in [6.07, 6.45) is 18.5. The smallest absolute Gasteiger partial charge is 0.305 e. The van der Waals surface area contributed by atoms with Gasteiger partial charge in [-0.3, -0.25) is 4.79 Å². The maximum Gasteiger partial charge on any atom is 0.305 e. The maximum atomic E-state index is 11.9. The van der Waals surface area contributed by atoms with E-state index in [-0.39, 0.29) is 12.6 Å². The van der Waals surface area contributed by atoms with Gasteiger partial charge in [-0.2, -0.15) is 0 Å². The summed E-state index contributed by atoms with van der Waals surface area (Å²) in [4.78, 5) is 11.9. The lowest BCUT2D eigenvalue weighted by Crippen LogP contribution is -2.55. The van der Waals surface area contributed by atoms with Gasteiger partial charge in [-0.05, 0) is 38.5 Å². The van der Waals surface area contributed by atoms with E-state index in [0.717, 1.165) is 57.8 Å². The fourth-order valence-electron chi connectivity index (χ4n) is 3.36. The average molecular weight is 439 g/mol. The number of aliphatic hydroxyl groups is 3. The first-order chi connectivity index (χ1) is 15.0. The van der Waals surface area contributed by atoms with Crippen LogP contribution >= 0.6 is 0 Å². The molecule has 1 saturated heterocycles. The van der Waals surface area contributed by atoms with Gasteiger partial charge in [-0.1, -0.05) is 69.6 Å². The Morgan fingerprint density at radius 2 is 1.48 bits per heavy atom. The Balaban J connectivity index is 1.98. The van der Waals surface area contributed by atoms with E-state index in [4.69, 9.17) is 9.47 Å². The topological polar surface area (TPSA) is 96.2 Å². The normalized spacial score (nSPS) is 26.9. The number of unbranched alkanes of at least 4 members (excludes halogenated alkanes) is 5. The highest BCUT2D eigenvalue weighted by molar-refractivity contribution is 5.69. The number of esters is 1. The van der Waals surface area contributed by atoms with Gasteiger partial charge in [0.05, 0.1) is 6.10 Å². The number of allylic oxidation sites excluding steroid dienone is 6. The van der Waals surface area contributed by atoms with E-state index in [2.05, 4.69) is 43.4 Å². The maximum absolute atomic E-state index is 11.9. The van der Waals surface area contributed by atoms with Crippen molar-refractivity contribution < 1.29 is 29.6 Å². The molecule has 1 aliphatic heterocycles. The molecule has 5 atom stereocenters. The lowest BCUT2D eigenvalue weighted by molar-refractivity contribution is -0.267. The van der Waals surface area contributed by atoms with E-state index in [1.807, 2.05) is 0 Å². The predicted octanol–water partition coefficient (Wildman–Crippen LogP) is 4.19. The monoisotopic (exact) mass is 438 g/mol. The molecule has 0 aromatic carbocycles. The fourth-order valence-corrected chi connectivity index (χ4v) is 3.36. The molecule has 31 heavy (non-hydrogen) atoms. The van der Waals surface area contributed by atoms with Crippen molar-refractivity contribution in [3.8, 4) is 0 Å². The van der Waals surface area contributed by atoms with E-state index in [1.54, 1.807) is 6.92 Å². The van der Waals surface area contributed by atoms with Crippen LogP contribution < -0.4 is 0 Å². The number of hydrogen-bond acceptors (Lipinski definition) is 6. The molecule has 178 valence electrons. The van der Waals surface area contributed by atoms with Crippen molar-refractivity contribution in [2.45, 2.75) is 103 Å². The number of aliphatic hydroxyl groups excluding tert-OH is 3. The average Bonchev–Trinajstić information content (AvgIpc) is 2.76. The van der Waals surface area contributed by atoms with Gasteiger partial charge in [0, 0.05) is 12.3 Å². The highest BCUT2D eigenvalue weighted by atomic mass is 16.6. The van der Waals surface area contributed by atoms with Crippen LogP contribution in [0.15, 0.2) is 36.5 Å². The van der Waals surface area contributed by atoms with Crippen molar-refractivity contribution >= 4 is 5.97 Å². The molecule has 0 radical (unpaired) electrons. The molecule has 0 bridgehead atoms. The summed E-state index contributed by atoms with van der Waals surface area (Å²) in [6.45, 7) is 3.56. The van der Waals surface area contributed by atoms with Crippen molar-refractivity contribution in [1.29, 1.82) is 0 Å². The fraction of sp³-hybridized carbons (Fsp3) is 0.720. The number of rotatable bonds is 15. The van der Waals surface area contributed by atoms with Crippen LogP contribution in [0.5, 0.6) is 0 Å². The number of ether oxygens (including phenoxy) is 2. The van der Waals surface area contributed by atoms with Gasteiger partial charge in [-0.15, -0.1) is 0 Å². The zero-order valence-corrected chi connectivity index (χ0v) is 19.2. The molecule has 0 aromatic rings. The van der Waals surface area contributed by atoms with Gasteiger partial charge >= 0.3 is 5.97 Å². The first kappa shape index (κ1) is 27.6. The molecule has 1 aliphatic rings. The van der Waals surface area contributed by atoms with E-state index in [0.29, 0.717) is 6.42 Å². The Bertz CT molecular complexity index is 556. The summed E-state index contributed by atoms with van der Waals surface area (Å²) < 4.78 is 10.4. The third-order valence-corrected chi connectivity index (χ3v) is 5.47. The SMILES string of the molecule is CC/C=C\C/C=C\C/C=C\CCCCCCCC(=O)OC[C@H]1OC(O)[C@H](C)[C@@H](O)[C@H]1O. The van der Waals surface area contributed by atoms with Crippen LogP contribution in [0.1, 0.15) is 78.1 Å². The minimum absolute atomic E-state index is 0.169. The van der Waals surface area contributed by atoms with Gasteiger partial charge in [0.25, 0.3) is 0 Å². The second-order valence-corrected chi connectivity index (χ2v) is 8.19. The second kappa shape index (κ2) is 17.1. The van der Waals surface area contributed by atoms with Crippen LogP contribution in [0, 0.1) is 5.92 Å². The van der Waals surface area contributed by atoms with Crippen LogP contribution in [-0.2, 0) is 14.3 Å². The zero-order chi connectivity index (χ0) is 22.9. The number of hydrogen-bond donors (Lipinski definition) is 3. The molecule has 0 spiro atoms. The summed E-state index contributed by atoms with van der Waals surface area (Å²) in [5, 5.41) is 29.5. The zero-order valence-electron chi connectivity index (χ0n) is 19.2. The third kappa shape index (κ3) is 12.2. The van der Waals surface area contributed by atoms with E-state index in [1.165, 1.54) is 0 Å². The molecule has 1 rings (SSSR count). The Kier molecular flexibility index (Phi) is 15.2. The molecule has 0 aromatic heterocycles. The van der Waals surface area contributed by atoms with E-state index in [9.17, 15) is 20.1 Å². The lowest BCUT2D eigenvalue weighted by atomic mass is 9.93. The first-order valence-corrected chi connectivity index (χ1v) is 11.8. The molecule has 1 heterocycles. The molecule has 1 fully saturated rings. The molecule has 0 saturated carbocycles. The molecule has 6 nitrogen and oxygen atoms in total. The third-order valence-electron chi connectivity index (χ3n) is 5.47. The summed E-state index contributed by atoms with van der Waals surface area (Å²) in [6, 6.07) is 0. The van der Waals surface area contributed by atoms with E-state index >= 15 is 0 Å². The van der Waals surface area contributed by atoms with Gasteiger partial charge in [0.2, 0.25) is 0 Å². The molecule has 3 N–H and O–H groups in total. The van der Waals surface area contributed by atoms with Crippen molar-refractivity contribution in [3.05, 3.63) is 36.5 Å². The summed E-state index contributed by atoms with van der Waals surface area (Å²) >= 11 is 0. The Morgan fingerprint density at radius 1 is 0.871 bits per heavy atom. The minimum atomic E-state index is -1.18. The minimum Gasteiger partial charge on any atom is -0.463 e. The van der Waals surface area contributed by atoms with Gasteiger partial charge in [0.1, 0.15) is 18.8 Å². The van der Waals surface area contributed by atoms with Gasteiger partial charge < -0.3 is 24.8 Å².